The van der Waals surface area contributed by atoms with Gasteiger partial charge in [0.25, 0.3) is 0 Å². The average molecular weight is 316 g/mol. The highest BCUT2D eigenvalue weighted by Crippen LogP contribution is 2.18. The van der Waals surface area contributed by atoms with Crippen LogP contribution < -0.4 is 4.74 Å². The molecule has 0 aliphatic heterocycles. The molecule has 21 heavy (non-hydrogen) atoms. The third-order valence-corrected chi connectivity index (χ3v) is 3.09. The van der Waals surface area contributed by atoms with Crippen molar-refractivity contribution in [3.8, 4) is 5.75 Å². The Labute approximate surface area is 131 Å². The van der Waals surface area contributed by atoms with Crippen molar-refractivity contribution >= 4 is 24.3 Å². The first-order valence-corrected chi connectivity index (χ1v) is 6.83. The topological polar surface area (TPSA) is 66.8 Å². The van der Waals surface area contributed by atoms with E-state index in [4.69, 9.17) is 9.84 Å². The number of carboxylic acids is 1. The van der Waals surface area contributed by atoms with Crippen LogP contribution in [0, 0.1) is 0 Å². The smallest absolute Gasteiger partial charge is 0.339 e. The summed E-state index contributed by atoms with van der Waals surface area (Å²) >= 11 is 0. The predicted molar refractivity (Wildman–Crippen MR) is 83.3 cm³/mol. The number of nitrogens with zero attached hydrogens (tertiary/aromatic N) is 1. The summed E-state index contributed by atoms with van der Waals surface area (Å²) < 4.78 is 5.12. The Morgan fingerprint density at radius 2 is 1.81 bits per heavy atom. The molecule has 0 atom stereocenters. The molecule has 1 aromatic rings. The molecule has 0 aromatic heterocycles. The van der Waals surface area contributed by atoms with Crippen molar-refractivity contribution in [2.75, 3.05) is 19.6 Å². The lowest BCUT2D eigenvalue weighted by Crippen LogP contribution is -2.25. The molecule has 5 nitrogen and oxygen atoms in total. The number of halogens is 1. The third kappa shape index (κ3) is 6.60. The summed E-state index contributed by atoms with van der Waals surface area (Å²) in [6.07, 6.45) is 0.986. The first-order valence-electron chi connectivity index (χ1n) is 6.83. The number of aromatic carboxylic acids is 1. The molecule has 0 amide bonds. The highest BCUT2D eigenvalue weighted by molar-refractivity contribution is 5.91. The molecule has 0 radical (unpaired) electrons. The molecule has 118 valence electrons. The number of ether oxygens (including phenoxy) is 1. The number of carbonyl (C=O) groups is 2. The van der Waals surface area contributed by atoms with Crippen LogP contribution in [0.4, 0.5) is 0 Å². The Kier molecular flexibility index (Phi) is 9.41. The minimum atomic E-state index is -1.10. The first kappa shape index (κ1) is 19.4. The summed E-state index contributed by atoms with van der Waals surface area (Å²) in [4.78, 5) is 24.9. The molecule has 6 heteroatoms. The summed E-state index contributed by atoms with van der Waals surface area (Å²) in [6.45, 7) is 6.89. The predicted octanol–water partition coefficient (Wildman–Crippen LogP) is 2.83. The summed E-state index contributed by atoms with van der Waals surface area (Å²) in [5.74, 6) is -1.39. The van der Waals surface area contributed by atoms with Gasteiger partial charge in [-0.25, -0.2) is 4.79 Å². The standard InChI is InChI=1S/C15H21NO4.ClH/c1-3-16(4-2)11-7-10-14(17)20-13-9-6-5-8-12(13)15(18)19;/h5-6,8-9H,3-4,7,10-11H2,1-2H3,(H,18,19);1H. The SMILES string of the molecule is CCN(CC)CCCC(=O)Oc1ccccc1C(=O)O.Cl. The number of rotatable bonds is 8. The van der Waals surface area contributed by atoms with Gasteiger partial charge in [0.1, 0.15) is 11.3 Å². The van der Waals surface area contributed by atoms with Crippen molar-refractivity contribution in [1.82, 2.24) is 4.90 Å². The number of benzene rings is 1. The molecule has 1 aromatic carbocycles. The molecule has 0 fully saturated rings. The molecule has 0 saturated carbocycles. The fourth-order valence-electron chi connectivity index (χ4n) is 1.89. The number of hydrogen-bond donors (Lipinski definition) is 1. The maximum atomic E-state index is 11.7. The quantitative estimate of drug-likeness (QED) is 0.590. The van der Waals surface area contributed by atoms with E-state index in [9.17, 15) is 9.59 Å². The van der Waals surface area contributed by atoms with E-state index >= 15 is 0 Å². The molecule has 0 aliphatic rings. The number of hydrogen-bond acceptors (Lipinski definition) is 4. The molecular formula is C15H22ClNO4. The number of para-hydroxylation sites is 1. The van der Waals surface area contributed by atoms with Crippen molar-refractivity contribution in [3.63, 3.8) is 0 Å². The van der Waals surface area contributed by atoms with Gasteiger partial charge in [-0.05, 0) is 38.2 Å². The molecule has 1 rings (SSSR count). The second-order valence-corrected chi connectivity index (χ2v) is 4.41. The van der Waals surface area contributed by atoms with E-state index in [-0.39, 0.29) is 30.1 Å². The van der Waals surface area contributed by atoms with Crippen LogP contribution in [0.1, 0.15) is 37.0 Å². The van der Waals surface area contributed by atoms with Crippen LogP contribution in [-0.4, -0.2) is 41.6 Å². The molecule has 0 saturated heterocycles. The van der Waals surface area contributed by atoms with Crippen molar-refractivity contribution in [2.24, 2.45) is 0 Å². The fourth-order valence-corrected chi connectivity index (χ4v) is 1.89. The summed E-state index contributed by atoms with van der Waals surface area (Å²) in [6, 6.07) is 6.15. The zero-order chi connectivity index (χ0) is 15.0. The van der Waals surface area contributed by atoms with Crippen LogP contribution >= 0.6 is 12.4 Å². The normalized spacial score (nSPS) is 10.0. The Morgan fingerprint density at radius 3 is 2.38 bits per heavy atom. The van der Waals surface area contributed by atoms with Gasteiger partial charge in [-0.2, -0.15) is 0 Å². The summed E-state index contributed by atoms with van der Waals surface area (Å²) in [7, 11) is 0. The molecule has 0 aliphatic carbocycles. The average Bonchev–Trinajstić information content (AvgIpc) is 2.44. The van der Waals surface area contributed by atoms with Crippen molar-refractivity contribution in [2.45, 2.75) is 26.7 Å². The Hall–Kier alpha value is -1.59. The highest BCUT2D eigenvalue weighted by Gasteiger charge is 2.13. The van der Waals surface area contributed by atoms with E-state index < -0.39 is 11.9 Å². The number of carboxylic acid groups (broad SMARTS) is 1. The van der Waals surface area contributed by atoms with E-state index in [0.29, 0.717) is 6.42 Å². The lowest BCUT2D eigenvalue weighted by atomic mass is 10.2. The Bertz CT molecular complexity index is 461. The lowest BCUT2D eigenvalue weighted by Gasteiger charge is -2.17. The molecule has 0 bridgehead atoms. The van der Waals surface area contributed by atoms with Gasteiger partial charge in [-0.15, -0.1) is 12.4 Å². The summed E-state index contributed by atoms with van der Waals surface area (Å²) in [5, 5.41) is 8.99. The van der Waals surface area contributed by atoms with E-state index in [1.807, 2.05) is 0 Å². The van der Waals surface area contributed by atoms with Crippen LogP contribution in [0.3, 0.4) is 0 Å². The first-order chi connectivity index (χ1) is 9.58. The van der Waals surface area contributed by atoms with E-state index in [0.717, 1.165) is 19.6 Å². The van der Waals surface area contributed by atoms with E-state index in [2.05, 4.69) is 18.7 Å². The van der Waals surface area contributed by atoms with Gasteiger partial charge in [0.2, 0.25) is 0 Å². The van der Waals surface area contributed by atoms with Crippen LogP contribution in [-0.2, 0) is 4.79 Å². The summed E-state index contributed by atoms with van der Waals surface area (Å²) in [5.41, 5.74) is 0.00425. The number of carbonyl (C=O) groups excluding carboxylic acids is 1. The molecule has 1 N–H and O–H groups in total. The minimum Gasteiger partial charge on any atom is -0.478 e. The zero-order valence-electron chi connectivity index (χ0n) is 12.4. The van der Waals surface area contributed by atoms with Crippen LogP contribution in [0.5, 0.6) is 5.75 Å². The van der Waals surface area contributed by atoms with E-state index in [1.165, 1.54) is 12.1 Å². The maximum absolute atomic E-state index is 11.7. The Balaban J connectivity index is 0.00000400. The molecule has 0 heterocycles. The monoisotopic (exact) mass is 315 g/mol. The number of esters is 1. The zero-order valence-corrected chi connectivity index (χ0v) is 13.2. The lowest BCUT2D eigenvalue weighted by molar-refractivity contribution is -0.134. The molecule has 0 unspecified atom stereocenters. The molecular weight excluding hydrogens is 294 g/mol. The third-order valence-electron chi connectivity index (χ3n) is 3.09. The van der Waals surface area contributed by atoms with Crippen LogP contribution in [0.25, 0.3) is 0 Å². The second kappa shape index (κ2) is 10.2. The molecule has 0 spiro atoms. The van der Waals surface area contributed by atoms with Crippen molar-refractivity contribution < 1.29 is 19.4 Å². The van der Waals surface area contributed by atoms with Gasteiger partial charge in [0.15, 0.2) is 0 Å². The Morgan fingerprint density at radius 1 is 1.19 bits per heavy atom. The van der Waals surface area contributed by atoms with Crippen LogP contribution in [0.2, 0.25) is 0 Å². The highest BCUT2D eigenvalue weighted by atomic mass is 35.5. The van der Waals surface area contributed by atoms with E-state index in [1.54, 1.807) is 12.1 Å². The van der Waals surface area contributed by atoms with Gasteiger partial charge in [0, 0.05) is 6.42 Å². The largest absolute Gasteiger partial charge is 0.478 e. The van der Waals surface area contributed by atoms with Gasteiger partial charge >= 0.3 is 11.9 Å². The van der Waals surface area contributed by atoms with Crippen molar-refractivity contribution in [3.05, 3.63) is 29.8 Å². The van der Waals surface area contributed by atoms with Gasteiger partial charge in [-0.1, -0.05) is 26.0 Å². The van der Waals surface area contributed by atoms with Crippen LogP contribution in [0.15, 0.2) is 24.3 Å². The van der Waals surface area contributed by atoms with Gasteiger partial charge in [0.05, 0.1) is 0 Å². The van der Waals surface area contributed by atoms with Gasteiger partial charge < -0.3 is 14.7 Å². The minimum absolute atomic E-state index is 0. The second-order valence-electron chi connectivity index (χ2n) is 4.41. The maximum Gasteiger partial charge on any atom is 0.339 e. The fraction of sp³-hybridized carbons (Fsp3) is 0.467. The van der Waals surface area contributed by atoms with Crippen molar-refractivity contribution in [1.29, 1.82) is 0 Å². The van der Waals surface area contributed by atoms with Gasteiger partial charge in [-0.3, -0.25) is 4.79 Å².